The van der Waals surface area contributed by atoms with Gasteiger partial charge in [0.15, 0.2) is 0 Å². The minimum absolute atomic E-state index is 0.0926. The fourth-order valence-corrected chi connectivity index (χ4v) is 2.67. The van der Waals surface area contributed by atoms with E-state index in [4.69, 9.17) is 0 Å². The Kier molecular flexibility index (Phi) is 3.86. The van der Waals surface area contributed by atoms with Crippen LogP contribution in [0.4, 0.5) is 15.8 Å². The summed E-state index contributed by atoms with van der Waals surface area (Å²) in [5.41, 5.74) is 3.06. The maximum absolute atomic E-state index is 13.1. The predicted molar refractivity (Wildman–Crippen MR) is 82.0 cm³/mol. The number of carbonyl (C=O) groups excluding carboxylic acids is 1. The maximum Gasteiger partial charge on any atom is 0.226 e. The molecule has 0 unspecified atom stereocenters. The molecule has 0 fully saturated rings. The number of para-hydroxylation sites is 1. The molecule has 0 aliphatic carbocycles. The lowest BCUT2D eigenvalue weighted by molar-refractivity contribution is -0.116. The van der Waals surface area contributed by atoms with Crippen LogP contribution < -0.4 is 10.2 Å². The molecule has 1 heterocycles. The first-order valence-electron chi connectivity index (χ1n) is 7.10. The van der Waals surface area contributed by atoms with Crippen molar-refractivity contribution in [3.05, 3.63) is 59.9 Å². The van der Waals surface area contributed by atoms with Gasteiger partial charge in [-0.3, -0.25) is 4.79 Å². The third-order valence-electron chi connectivity index (χ3n) is 3.70. The molecule has 2 aromatic carbocycles. The molecule has 0 atom stereocenters. The molecule has 4 heteroatoms. The van der Waals surface area contributed by atoms with Gasteiger partial charge < -0.3 is 10.2 Å². The van der Waals surface area contributed by atoms with Crippen molar-refractivity contribution in [3.8, 4) is 0 Å². The zero-order chi connectivity index (χ0) is 14.7. The van der Waals surface area contributed by atoms with E-state index in [1.165, 1.54) is 23.4 Å². The number of anilines is 2. The van der Waals surface area contributed by atoms with E-state index in [0.29, 0.717) is 18.7 Å². The van der Waals surface area contributed by atoms with Gasteiger partial charge in [-0.15, -0.1) is 0 Å². The summed E-state index contributed by atoms with van der Waals surface area (Å²) in [6.07, 6.45) is 1.42. The molecule has 1 amide bonds. The van der Waals surface area contributed by atoms with E-state index in [1.54, 1.807) is 12.1 Å². The number of rotatable bonds is 4. The molecule has 3 rings (SSSR count). The van der Waals surface area contributed by atoms with E-state index in [1.807, 2.05) is 12.1 Å². The summed E-state index contributed by atoms with van der Waals surface area (Å²) in [6, 6.07) is 14.2. The Balaban J connectivity index is 1.55. The highest BCUT2D eigenvalue weighted by atomic mass is 19.1. The smallest absolute Gasteiger partial charge is 0.226 e. The molecule has 108 valence electrons. The lowest BCUT2D eigenvalue weighted by Crippen LogP contribution is -2.26. The van der Waals surface area contributed by atoms with Crippen LogP contribution in [0, 0.1) is 5.82 Å². The van der Waals surface area contributed by atoms with Gasteiger partial charge in [0.25, 0.3) is 0 Å². The number of hydrogen-bond acceptors (Lipinski definition) is 2. The first kappa shape index (κ1) is 13.6. The Labute approximate surface area is 123 Å². The Morgan fingerprint density at radius 2 is 2.05 bits per heavy atom. The lowest BCUT2D eigenvalue weighted by Gasteiger charge is -2.18. The summed E-state index contributed by atoms with van der Waals surface area (Å²) in [5.74, 6) is -0.439. The van der Waals surface area contributed by atoms with E-state index in [9.17, 15) is 9.18 Å². The summed E-state index contributed by atoms with van der Waals surface area (Å²) >= 11 is 0. The van der Waals surface area contributed by atoms with Gasteiger partial charge in [0.2, 0.25) is 5.91 Å². The van der Waals surface area contributed by atoms with E-state index in [-0.39, 0.29) is 11.7 Å². The van der Waals surface area contributed by atoms with Crippen LogP contribution in [0.5, 0.6) is 0 Å². The molecule has 0 spiro atoms. The second-order valence-electron chi connectivity index (χ2n) is 5.17. The van der Waals surface area contributed by atoms with Gasteiger partial charge in [-0.05, 0) is 36.2 Å². The highest BCUT2D eigenvalue weighted by molar-refractivity contribution is 5.91. The van der Waals surface area contributed by atoms with Crippen LogP contribution in [0.25, 0.3) is 0 Å². The third kappa shape index (κ3) is 3.21. The van der Waals surface area contributed by atoms with Crippen molar-refractivity contribution in [2.75, 3.05) is 23.3 Å². The molecule has 3 nitrogen and oxygen atoms in total. The zero-order valence-electron chi connectivity index (χ0n) is 11.7. The largest absolute Gasteiger partial charge is 0.370 e. The summed E-state index contributed by atoms with van der Waals surface area (Å²) in [6.45, 7) is 1.63. The van der Waals surface area contributed by atoms with Crippen LogP contribution in [0.1, 0.15) is 12.0 Å². The number of hydrogen-bond donors (Lipinski definition) is 1. The number of halogens is 1. The minimum Gasteiger partial charge on any atom is -0.370 e. The fourth-order valence-electron chi connectivity index (χ4n) is 2.67. The molecular formula is C17H17FN2O. The number of nitrogens with zero attached hydrogens (tertiary/aromatic N) is 1. The van der Waals surface area contributed by atoms with Crippen LogP contribution >= 0.6 is 0 Å². The number of benzene rings is 2. The van der Waals surface area contributed by atoms with Crippen molar-refractivity contribution in [3.63, 3.8) is 0 Å². The van der Waals surface area contributed by atoms with E-state index >= 15 is 0 Å². The first-order chi connectivity index (χ1) is 10.2. The summed E-state index contributed by atoms with van der Waals surface area (Å²) in [7, 11) is 0. The van der Waals surface area contributed by atoms with Crippen LogP contribution in [0.3, 0.4) is 0 Å². The molecule has 1 N–H and O–H groups in total. The number of carbonyl (C=O) groups is 1. The van der Waals surface area contributed by atoms with Crippen molar-refractivity contribution >= 4 is 17.3 Å². The molecule has 0 aromatic heterocycles. The van der Waals surface area contributed by atoms with Gasteiger partial charge >= 0.3 is 0 Å². The van der Waals surface area contributed by atoms with E-state index < -0.39 is 0 Å². The van der Waals surface area contributed by atoms with Gasteiger partial charge in [-0.1, -0.05) is 24.3 Å². The van der Waals surface area contributed by atoms with Gasteiger partial charge in [0, 0.05) is 30.9 Å². The summed E-state index contributed by atoms with van der Waals surface area (Å²) in [4.78, 5) is 14.2. The van der Waals surface area contributed by atoms with Gasteiger partial charge in [-0.25, -0.2) is 4.39 Å². The standard InChI is InChI=1S/C17H17FN2O/c18-14-5-3-6-15(12-14)19-17(21)9-11-20-10-8-13-4-1-2-7-16(13)20/h1-7,12H,8-11H2,(H,19,21). The molecule has 1 aliphatic heterocycles. The highest BCUT2D eigenvalue weighted by Gasteiger charge is 2.18. The second kappa shape index (κ2) is 5.95. The molecule has 0 radical (unpaired) electrons. The van der Waals surface area contributed by atoms with Crippen LogP contribution in [0.2, 0.25) is 0 Å². The fraction of sp³-hybridized carbons (Fsp3) is 0.235. The van der Waals surface area contributed by atoms with Crippen LogP contribution in [-0.2, 0) is 11.2 Å². The van der Waals surface area contributed by atoms with E-state index in [2.05, 4.69) is 22.3 Å². The summed E-state index contributed by atoms with van der Waals surface area (Å²) in [5, 5.41) is 2.73. The molecule has 1 aliphatic rings. The monoisotopic (exact) mass is 284 g/mol. The second-order valence-corrected chi connectivity index (χ2v) is 5.17. The average Bonchev–Trinajstić information content (AvgIpc) is 2.88. The Morgan fingerprint density at radius 1 is 1.19 bits per heavy atom. The maximum atomic E-state index is 13.1. The Bertz CT molecular complexity index is 657. The molecule has 0 bridgehead atoms. The van der Waals surface area contributed by atoms with Crippen molar-refractivity contribution in [2.45, 2.75) is 12.8 Å². The Morgan fingerprint density at radius 3 is 2.90 bits per heavy atom. The molecule has 0 saturated carbocycles. The van der Waals surface area contributed by atoms with Crippen molar-refractivity contribution in [2.24, 2.45) is 0 Å². The number of nitrogens with one attached hydrogen (secondary N) is 1. The lowest BCUT2D eigenvalue weighted by atomic mass is 10.2. The SMILES string of the molecule is O=C(CCN1CCc2ccccc21)Nc1cccc(F)c1. The minimum atomic E-state index is -0.346. The van der Waals surface area contributed by atoms with Crippen LogP contribution in [-0.4, -0.2) is 19.0 Å². The number of amides is 1. The Hall–Kier alpha value is -2.36. The van der Waals surface area contributed by atoms with E-state index in [0.717, 1.165) is 13.0 Å². The topological polar surface area (TPSA) is 32.3 Å². The van der Waals surface area contributed by atoms with Gasteiger partial charge in [-0.2, -0.15) is 0 Å². The third-order valence-corrected chi connectivity index (χ3v) is 3.70. The highest BCUT2D eigenvalue weighted by Crippen LogP contribution is 2.27. The average molecular weight is 284 g/mol. The van der Waals surface area contributed by atoms with Crippen molar-refractivity contribution in [1.29, 1.82) is 0 Å². The predicted octanol–water partition coefficient (Wildman–Crippen LogP) is 3.22. The molecule has 2 aromatic rings. The van der Waals surface area contributed by atoms with Crippen LogP contribution in [0.15, 0.2) is 48.5 Å². The van der Waals surface area contributed by atoms with Gasteiger partial charge in [0.05, 0.1) is 0 Å². The normalized spacial score (nSPS) is 13.1. The van der Waals surface area contributed by atoms with Crippen molar-refractivity contribution < 1.29 is 9.18 Å². The molecule has 0 saturated heterocycles. The first-order valence-corrected chi connectivity index (χ1v) is 7.10. The quantitative estimate of drug-likeness (QED) is 0.935. The van der Waals surface area contributed by atoms with Crippen molar-refractivity contribution in [1.82, 2.24) is 0 Å². The zero-order valence-corrected chi connectivity index (χ0v) is 11.7. The van der Waals surface area contributed by atoms with Gasteiger partial charge in [0.1, 0.15) is 5.82 Å². The number of fused-ring (bicyclic) bond motifs is 1. The molecular weight excluding hydrogens is 267 g/mol. The molecule has 21 heavy (non-hydrogen) atoms. The summed E-state index contributed by atoms with van der Waals surface area (Å²) < 4.78 is 13.1.